The Morgan fingerprint density at radius 2 is 2.17 bits per heavy atom. The molecule has 2 N–H and O–H groups in total. The smallest absolute Gasteiger partial charge is 0.205 e. The highest BCUT2D eigenvalue weighted by molar-refractivity contribution is 5.58. The molecule has 1 heterocycles. The molecule has 0 aliphatic carbocycles. The Kier molecular flexibility index (Phi) is 3.15. The number of hydrogen-bond donors (Lipinski definition) is 1. The normalized spacial score (nSPS) is 17.8. The lowest BCUT2D eigenvalue weighted by Crippen LogP contribution is -2.20. The fourth-order valence-electron chi connectivity index (χ4n) is 2.24. The van der Waals surface area contributed by atoms with Crippen molar-refractivity contribution in [3.8, 4) is 11.8 Å². The average Bonchev–Trinajstić information content (AvgIpc) is 2.36. The third-order valence-corrected chi connectivity index (χ3v) is 3.25. The van der Waals surface area contributed by atoms with E-state index in [0.717, 1.165) is 23.4 Å². The molecular formula is C14H17N3O. The van der Waals surface area contributed by atoms with Gasteiger partial charge in [0.15, 0.2) is 0 Å². The van der Waals surface area contributed by atoms with Crippen LogP contribution in [0.25, 0.3) is 0 Å². The van der Waals surface area contributed by atoms with E-state index in [1.165, 1.54) is 0 Å². The molecule has 4 heteroatoms. The van der Waals surface area contributed by atoms with Crippen molar-refractivity contribution >= 4 is 5.69 Å². The largest absolute Gasteiger partial charge is 0.440 e. The number of rotatable bonds is 2. The van der Waals surface area contributed by atoms with Crippen LogP contribution in [0.4, 0.5) is 5.69 Å². The number of ether oxygens (including phenoxy) is 1. The molecule has 1 aliphatic heterocycles. The van der Waals surface area contributed by atoms with E-state index in [4.69, 9.17) is 15.7 Å². The summed E-state index contributed by atoms with van der Waals surface area (Å²) in [6, 6.07) is 8.16. The number of nitriles is 1. The van der Waals surface area contributed by atoms with Gasteiger partial charge in [0.2, 0.25) is 5.88 Å². The molecule has 1 unspecified atom stereocenters. The van der Waals surface area contributed by atoms with E-state index in [1.54, 1.807) is 0 Å². The fourth-order valence-corrected chi connectivity index (χ4v) is 2.24. The SMILES string of the molecule is CCC1C(C#N)=C(N)Oc2cc(N(C)C)ccc21. The second-order valence-corrected chi connectivity index (χ2v) is 4.57. The first-order valence-electron chi connectivity index (χ1n) is 5.97. The predicted molar refractivity (Wildman–Crippen MR) is 71.3 cm³/mol. The van der Waals surface area contributed by atoms with E-state index < -0.39 is 0 Å². The molecule has 1 aliphatic rings. The van der Waals surface area contributed by atoms with Crippen LogP contribution in [0.2, 0.25) is 0 Å². The lowest BCUT2D eigenvalue weighted by Gasteiger charge is -2.26. The Morgan fingerprint density at radius 1 is 1.44 bits per heavy atom. The molecule has 0 bridgehead atoms. The zero-order chi connectivity index (χ0) is 13.3. The van der Waals surface area contributed by atoms with Crippen molar-refractivity contribution in [3.05, 3.63) is 35.2 Å². The van der Waals surface area contributed by atoms with Gasteiger partial charge in [0.1, 0.15) is 11.8 Å². The third-order valence-electron chi connectivity index (χ3n) is 3.25. The summed E-state index contributed by atoms with van der Waals surface area (Å²) in [5.41, 5.74) is 8.44. The van der Waals surface area contributed by atoms with E-state index >= 15 is 0 Å². The summed E-state index contributed by atoms with van der Waals surface area (Å²) < 4.78 is 5.57. The number of hydrogen-bond acceptors (Lipinski definition) is 4. The predicted octanol–water partition coefficient (Wildman–Crippen LogP) is 2.33. The van der Waals surface area contributed by atoms with Crippen LogP contribution in [0, 0.1) is 11.3 Å². The lowest BCUT2D eigenvalue weighted by molar-refractivity contribution is 0.387. The summed E-state index contributed by atoms with van der Waals surface area (Å²) in [4.78, 5) is 2.00. The molecule has 1 aromatic rings. The number of anilines is 1. The number of fused-ring (bicyclic) bond motifs is 1. The molecule has 0 saturated heterocycles. The maximum atomic E-state index is 9.16. The van der Waals surface area contributed by atoms with Crippen molar-refractivity contribution in [2.75, 3.05) is 19.0 Å². The first kappa shape index (κ1) is 12.3. The van der Waals surface area contributed by atoms with Gasteiger partial charge in [-0.1, -0.05) is 13.0 Å². The minimum atomic E-state index is 0.0370. The average molecular weight is 243 g/mol. The van der Waals surface area contributed by atoms with Gasteiger partial charge in [0.25, 0.3) is 0 Å². The van der Waals surface area contributed by atoms with Gasteiger partial charge in [-0.2, -0.15) is 5.26 Å². The summed E-state index contributed by atoms with van der Waals surface area (Å²) in [6.45, 7) is 2.05. The monoisotopic (exact) mass is 243 g/mol. The van der Waals surface area contributed by atoms with Crippen LogP contribution in [0.1, 0.15) is 24.8 Å². The maximum Gasteiger partial charge on any atom is 0.205 e. The molecule has 0 aromatic heterocycles. The van der Waals surface area contributed by atoms with Crippen molar-refractivity contribution in [1.82, 2.24) is 0 Å². The Labute approximate surface area is 107 Å². The van der Waals surface area contributed by atoms with Crippen LogP contribution in [0.3, 0.4) is 0 Å². The van der Waals surface area contributed by atoms with Gasteiger partial charge in [-0.15, -0.1) is 0 Å². The van der Waals surface area contributed by atoms with Gasteiger partial charge in [-0.05, 0) is 12.5 Å². The highest BCUT2D eigenvalue weighted by atomic mass is 16.5. The summed E-state index contributed by atoms with van der Waals surface area (Å²) in [5, 5.41) is 9.16. The molecule has 0 amide bonds. The Hall–Kier alpha value is -2.15. The minimum Gasteiger partial charge on any atom is -0.440 e. The van der Waals surface area contributed by atoms with Gasteiger partial charge in [-0.25, -0.2) is 0 Å². The standard InChI is InChI=1S/C14H17N3O/c1-4-10-11-6-5-9(17(2)3)7-13(11)18-14(16)12(10)8-15/h5-7,10H,4,16H2,1-3H3. The second kappa shape index (κ2) is 4.61. The van der Waals surface area contributed by atoms with Crippen LogP contribution < -0.4 is 15.4 Å². The van der Waals surface area contributed by atoms with Crippen molar-refractivity contribution in [2.45, 2.75) is 19.3 Å². The third kappa shape index (κ3) is 1.88. The Balaban J connectivity index is 2.51. The van der Waals surface area contributed by atoms with Crippen LogP contribution in [-0.2, 0) is 0 Å². The van der Waals surface area contributed by atoms with Crippen molar-refractivity contribution < 1.29 is 4.74 Å². The van der Waals surface area contributed by atoms with Gasteiger partial charge >= 0.3 is 0 Å². The molecule has 18 heavy (non-hydrogen) atoms. The van der Waals surface area contributed by atoms with Gasteiger partial charge < -0.3 is 15.4 Å². The van der Waals surface area contributed by atoms with Crippen LogP contribution in [-0.4, -0.2) is 14.1 Å². The molecule has 0 radical (unpaired) electrons. The topological polar surface area (TPSA) is 62.3 Å². The molecule has 2 rings (SSSR count). The summed E-state index contributed by atoms with van der Waals surface area (Å²) in [5.74, 6) is 1.02. The lowest BCUT2D eigenvalue weighted by atomic mass is 9.87. The number of nitrogens with zero attached hydrogens (tertiary/aromatic N) is 2. The summed E-state index contributed by atoms with van der Waals surface area (Å²) in [6.07, 6.45) is 0.835. The minimum absolute atomic E-state index is 0.0370. The highest BCUT2D eigenvalue weighted by Gasteiger charge is 2.27. The molecule has 0 saturated carbocycles. The maximum absolute atomic E-state index is 9.16. The fraction of sp³-hybridized carbons (Fsp3) is 0.357. The number of nitrogens with two attached hydrogens (primary N) is 1. The summed E-state index contributed by atoms with van der Waals surface area (Å²) in [7, 11) is 3.95. The quantitative estimate of drug-likeness (QED) is 0.866. The van der Waals surface area contributed by atoms with E-state index in [0.29, 0.717) is 5.57 Å². The van der Waals surface area contributed by atoms with Crippen molar-refractivity contribution in [1.29, 1.82) is 5.26 Å². The molecule has 1 aromatic carbocycles. The zero-order valence-electron chi connectivity index (χ0n) is 10.9. The Morgan fingerprint density at radius 3 is 2.72 bits per heavy atom. The number of allylic oxidation sites excluding steroid dienone is 1. The molecular weight excluding hydrogens is 226 g/mol. The van der Waals surface area contributed by atoms with E-state index in [9.17, 15) is 0 Å². The van der Waals surface area contributed by atoms with E-state index in [-0.39, 0.29) is 11.8 Å². The highest BCUT2D eigenvalue weighted by Crippen LogP contribution is 2.41. The van der Waals surface area contributed by atoms with Gasteiger partial charge in [0, 0.05) is 37.3 Å². The van der Waals surface area contributed by atoms with Crippen molar-refractivity contribution in [2.24, 2.45) is 5.73 Å². The molecule has 94 valence electrons. The van der Waals surface area contributed by atoms with Crippen LogP contribution >= 0.6 is 0 Å². The van der Waals surface area contributed by atoms with Gasteiger partial charge in [-0.3, -0.25) is 0 Å². The van der Waals surface area contributed by atoms with Crippen LogP contribution in [0.5, 0.6) is 5.75 Å². The molecule has 0 fully saturated rings. The second-order valence-electron chi connectivity index (χ2n) is 4.57. The van der Waals surface area contributed by atoms with Crippen LogP contribution in [0.15, 0.2) is 29.7 Å². The first-order valence-corrected chi connectivity index (χ1v) is 5.97. The van der Waals surface area contributed by atoms with Crippen molar-refractivity contribution in [3.63, 3.8) is 0 Å². The summed E-state index contributed by atoms with van der Waals surface area (Å²) >= 11 is 0. The first-order chi connectivity index (χ1) is 8.58. The van der Waals surface area contributed by atoms with E-state index in [1.807, 2.05) is 44.1 Å². The van der Waals surface area contributed by atoms with Gasteiger partial charge in [0.05, 0.1) is 5.57 Å². The molecule has 1 atom stereocenters. The number of benzene rings is 1. The Bertz CT molecular complexity index is 540. The molecule has 0 spiro atoms. The molecule has 4 nitrogen and oxygen atoms in total. The van der Waals surface area contributed by atoms with E-state index in [2.05, 4.69) is 6.07 Å². The zero-order valence-corrected chi connectivity index (χ0v) is 10.9.